The van der Waals surface area contributed by atoms with E-state index in [1.807, 2.05) is 0 Å². The molecule has 0 bridgehead atoms. The summed E-state index contributed by atoms with van der Waals surface area (Å²) < 4.78 is 14.0. The zero-order valence-electron chi connectivity index (χ0n) is 41.3. The summed E-state index contributed by atoms with van der Waals surface area (Å²) in [6.07, 6.45) is -1.28. The van der Waals surface area contributed by atoms with E-state index in [4.69, 9.17) is 17.2 Å². The lowest BCUT2D eigenvalue weighted by molar-refractivity contribution is -0.141. The first kappa shape index (κ1) is 60.0. The Balaban J connectivity index is 2.11. The maximum absolute atomic E-state index is 14.8. The predicted molar refractivity (Wildman–Crippen MR) is 265 cm³/mol. The second-order valence-electron chi connectivity index (χ2n) is 18.2. The van der Waals surface area contributed by atoms with Crippen LogP contribution in [0.15, 0.2) is 48.5 Å². The zero-order chi connectivity index (χ0) is 54.4. The molecule has 0 aliphatic carbocycles. The number of carbonyl (C=O) groups is 11. The van der Waals surface area contributed by atoms with Crippen molar-refractivity contribution in [3.8, 4) is 5.75 Å². The van der Waals surface area contributed by atoms with Crippen LogP contribution in [-0.2, 0) is 65.7 Å². The van der Waals surface area contributed by atoms with E-state index in [1.165, 1.54) is 24.3 Å². The highest BCUT2D eigenvalue weighted by molar-refractivity contribution is 7.99. The molecule has 400 valence electrons. The molecule has 23 nitrogen and oxygen atoms in total. The van der Waals surface area contributed by atoms with Crippen molar-refractivity contribution in [3.05, 3.63) is 65.5 Å². The van der Waals surface area contributed by atoms with Gasteiger partial charge in [-0.3, -0.25) is 52.7 Å². The van der Waals surface area contributed by atoms with E-state index in [0.29, 0.717) is 17.5 Å². The molecule has 14 N–H and O–H groups in total. The van der Waals surface area contributed by atoms with Crippen LogP contribution >= 0.6 is 11.8 Å². The Hall–Kier alpha value is -7.31. The number of halogens is 1. The molecule has 1 aliphatic rings. The van der Waals surface area contributed by atoms with Crippen molar-refractivity contribution in [2.75, 3.05) is 24.6 Å². The molecule has 11 amide bonds. The largest absolute Gasteiger partial charge is 0.508 e. The standard InChI is InChI=1S/C48H68FN11O12S/c1-5-27(4)42-47(71)56-32(16-17-37(50)62)44(68)57-35(21-38(51)63)45(69)58-36(25-73-18-6-7-40(65)54-34(46(70)59-42)20-28-10-14-31(61)15-11-28)48(72)60(23-29-8-12-30(49)13-9-29)24-41(66)55-33(19-26(2)3)43(67)53-22-39(52)64/h8-15,26-27,32-36,42,61H,5-7,16-25H2,1-4H3,(H2,50,62)(H2,51,63)(H2,52,64)(H,53,67)(H,54,65)(H,55,66)(H,56,71)(H,57,68)(H,58,69)(H,59,70). The van der Waals surface area contributed by atoms with Crippen molar-refractivity contribution in [1.29, 1.82) is 0 Å². The molecule has 0 saturated carbocycles. The first-order valence-electron chi connectivity index (χ1n) is 23.8. The number of nitrogens with zero attached hydrogens (tertiary/aromatic N) is 1. The fourth-order valence-electron chi connectivity index (χ4n) is 7.44. The predicted octanol–water partition coefficient (Wildman–Crippen LogP) is -1.63. The highest BCUT2D eigenvalue weighted by atomic mass is 32.2. The van der Waals surface area contributed by atoms with Crippen LogP contribution < -0.4 is 54.4 Å². The number of benzene rings is 2. The van der Waals surface area contributed by atoms with Gasteiger partial charge < -0.3 is 64.4 Å². The number of phenolic OH excluding ortho intramolecular Hbond substituents is 1. The minimum Gasteiger partial charge on any atom is -0.508 e. The van der Waals surface area contributed by atoms with Crippen LogP contribution in [0.1, 0.15) is 83.8 Å². The Bertz CT molecular complexity index is 2290. The van der Waals surface area contributed by atoms with Crippen LogP contribution in [0.4, 0.5) is 4.39 Å². The lowest BCUT2D eigenvalue weighted by atomic mass is 9.96. The number of hydrogen-bond donors (Lipinski definition) is 11. The summed E-state index contributed by atoms with van der Waals surface area (Å²) in [5.74, 6) is -11.1. The lowest BCUT2D eigenvalue weighted by Gasteiger charge is -2.30. The number of amides is 11. The Morgan fingerprint density at radius 3 is 2.00 bits per heavy atom. The average Bonchev–Trinajstić information content (AvgIpc) is 3.32. The van der Waals surface area contributed by atoms with E-state index >= 15 is 0 Å². The van der Waals surface area contributed by atoms with Crippen LogP contribution in [-0.4, -0.2) is 136 Å². The van der Waals surface area contributed by atoms with Gasteiger partial charge in [0.2, 0.25) is 65.0 Å². The fraction of sp³-hybridized carbons (Fsp3) is 0.521. The van der Waals surface area contributed by atoms with Gasteiger partial charge in [0.05, 0.1) is 19.5 Å². The van der Waals surface area contributed by atoms with Crippen molar-refractivity contribution in [3.63, 3.8) is 0 Å². The topological polar surface area (TPSA) is 374 Å². The van der Waals surface area contributed by atoms with Gasteiger partial charge in [0.15, 0.2) is 0 Å². The molecule has 3 rings (SSSR count). The van der Waals surface area contributed by atoms with Crippen molar-refractivity contribution in [2.24, 2.45) is 29.0 Å². The highest BCUT2D eigenvalue weighted by Crippen LogP contribution is 2.17. The average molecular weight is 1040 g/mol. The number of hydrogen-bond acceptors (Lipinski definition) is 13. The number of thioether (sulfide) groups is 1. The summed E-state index contributed by atoms with van der Waals surface area (Å²) in [4.78, 5) is 148. The van der Waals surface area contributed by atoms with Crippen molar-refractivity contribution < 1.29 is 62.2 Å². The summed E-state index contributed by atoms with van der Waals surface area (Å²) in [6.45, 7) is 5.37. The highest BCUT2D eigenvalue weighted by Gasteiger charge is 2.36. The van der Waals surface area contributed by atoms with Crippen LogP contribution in [0.2, 0.25) is 0 Å². The third kappa shape index (κ3) is 21.5. The molecule has 1 heterocycles. The van der Waals surface area contributed by atoms with E-state index in [9.17, 15) is 62.2 Å². The minimum atomic E-state index is -1.80. The SMILES string of the molecule is CCC(C)C1NC(=O)C(Cc2ccc(O)cc2)NC(=O)CCCSCC(C(=O)N(CC(=O)NC(CC(C)C)C(=O)NCC(N)=O)Cc2ccc(F)cc2)NC(=O)C(CC(N)=O)NC(=O)C(CCC(N)=O)NC1=O. The molecule has 1 saturated heterocycles. The molecule has 1 fully saturated rings. The van der Waals surface area contributed by atoms with E-state index in [-0.39, 0.29) is 55.4 Å². The van der Waals surface area contributed by atoms with Gasteiger partial charge in [-0.2, -0.15) is 11.8 Å². The third-order valence-electron chi connectivity index (χ3n) is 11.5. The molecule has 7 atom stereocenters. The Kier molecular flexibility index (Phi) is 24.6. The van der Waals surface area contributed by atoms with Crippen LogP contribution in [0.5, 0.6) is 5.75 Å². The monoisotopic (exact) mass is 1040 g/mol. The zero-order valence-corrected chi connectivity index (χ0v) is 42.1. The summed E-state index contributed by atoms with van der Waals surface area (Å²) in [7, 11) is 0. The van der Waals surface area contributed by atoms with Gasteiger partial charge in [0.1, 0.15) is 47.8 Å². The van der Waals surface area contributed by atoms with Crippen LogP contribution in [0.3, 0.4) is 0 Å². The second-order valence-corrected chi connectivity index (χ2v) is 19.3. The number of nitrogens with one attached hydrogen (secondary N) is 7. The summed E-state index contributed by atoms with van der Waals surface area (Å²) in [5.41, 5.74) is 17.0. The first-order valence-corrected chi connectivity index (χ1v) is 24.9. The molecule has 2 aromatic carbocycles. The minimum absolute atomic E-state index is 0.0409. The molecule has 25 heteroatoms. The second kappa shape index (κ2) is 29.9. The van der Waals surface area contributed by atoms with Gasteiger partial charge in [-0.25, -0.2) is 4.39 Å². The molecule has 0 radical (unpaired) electrons. The van der Waals surface area contributed by atoms with Gasteiger partial charge in [0, 0.05) is 31.6 Å². The summed E-state index contributed by atoms with van der Waals surface area (Å²) >= 11 is 1.10. The van der Waals surface area contributed by atoms with E-state index < -0.39 is 145 Å². The third-order valence-corrected chi connectivity index (χ3v) is 12.6. The van der Waals surface area contributed by atoms with Gasteiger partial charge in [0.25, 0.3) is 0 Å². The van der Waals surface area contributed by atoms with E-state index in [2.05, 4.69) is 37.2 Å². The molecule has 0 aromatic heterocycles. The Labute approximate surface area is 426 Å². The van der Waals surface area contributed by atoms with Gasteiger partial charge in [-0.15, -0.1) is 0 Å². The van der Waals surface area contributed by atoms with Gasteiger partial charge in [-0.1, -0.05) is 58.4 Å². The van der Waals surface area contributed by atoms with Crippen LogP contribution in [0, 0.1) is 17.7 Å². The van der Waals surface area contributed by atoms with Crippen molar-refractivity contribution in [2.45, 2.75) is 122 Å². The van der Waals surface area contributed by atoms with Crippen LogP contribution in [0.25, 0.3) is 0 Å². The van der Waals surface area contributed by atoms with Crippen molar-refractivity contribution in [1.82, 2.24) is 42.1 Å². The number of nitrogens with two attached hydrogens (primary N) is 3. The summed E-state index contributed by atoms with van der Waals surface area (Å²) in [5, 5.41) is 27.7. The van der Waals surface area contributed by atoms with E-state index in [0.717, 1.165) is 28.8 Å². The molecular formula is C48H68FN11O12S. The van der Waals surface area contributed by atoms with Crippen molar-refractivity contribution >= 4 is 76.7 Å². The fourth-order valence-corrected chi connectivity index (χ4v) is 8.41. The number of carbonyl (C=O) groups excluding carboxylic acids is 11. The smallest absolute Gasteiger partial charge is 0.246 e. The number of aromatic hydroxyl groups is 1. The molecular weight excluding hydrogens is 974 g/mol. The molecule has 73 heavy (non-hydrogen) atoms. The molecule has 1 aliphatic heterocycles. The molecule has 2 aromatic rings. The van der Waals surface area contributed by atoms with Gasteiger partial charge in [-0.05, 0) is 72.2 Å². The summed E-state index contributed by atoms with van der Waals surface area (Å²) in [6, 6.07) is 2.14. The Morgan fingerprint density at radius 2 is 1.40 bits per heavy atom. The van der Waals surface area contributed by atoms with Gasteiger partial charge >= 0.3 is 0 Å². The lowest BCUT2D eigenvalue weighted by Crippen LogP contribution is -2.61. The molecule has 0 spiro atoms. The number of phenols is 1. The van der Waals surface area contributed by atoms with E-state index in [1.54, 1.807) is 39.8 Å². The normalized spacial score (nSPS) is 20.4. The number of rotatable bonds is 20. The molecule has 7 unspecified atom stereocenters. The maximum atomic E-state index is 14.8. The first-order chi connectivity index (χ1) is 34.4. The maximum Gasteiger partial charge on any atom is 0.246 e. The quantitative estimate of drug-likeness (QED) is 0.0711. The number of primary amides is 3. The Morgan fingerprint density at radius 1 is 0.781 bits per heavy atom.